The first-order valence-corrected chi connectivity index (χ1v) is 5.25. The molecule has 19 heavy (non-hydrogen) atoms. The maximum atomic E-state index is 13.3. The number of hydrogen-bond donors (Lipinski definition) is 2. The van der Waals surface area contributed by atoms with Crippen LogP contribution in [0.3, 0.4) is 0 Å². The van der Waals surface area contributed by atoms with Crippen LogP contribution >= 0.6 is 0 Å². The van der Waals surface area contributed by atoms with Crippen LogP contribution in [0.2, 0.25) is 0 Å². The number of hydrogen-bond acceptors (Lipinski definition) is 2. The molecule has 0 saturated heterocycles. The van der Waals surface area contributed by atoms with Crippen LogP contribution < -0.4 is 10.6 Å². The zero-order valence-corrected chi connectivity index (χ0v) is 9.81. The van der Waals surface area contributed by atoms with E-state index in [9.17, 15) is 26.7 Å². The zero-order chi connectivity index (χ0) is 14.6. The Morgan fingerprint density at radius 1 is 1.32 bits per heavy atom. The van der Waals surface area contributed by atoms with Gasteiger partial charge in [0.25, 0.3) is 0 Å². The van der Waals surface area contributed by atoms with Gasteiger partial charge in [-0.2, -0.15) is 13.2 Å². The molecule has 0 aliphatic heterocycles. The fourth-order valence-electron chi connectivity index (χ4n) is 1.25. The molecule has 8 heteroatoms. The molecule has 1 aromatic rings. The van der Waals surface area contributed by atoms with Crippen molar-refractivity contribution in [3.05, 3.63) is 29.8 Å². The molecule has 2 N–H and O–H groups in total. The van der Waals surface area contributed by atoms with Gasteiger partial charge in [0.05, 0.1) is 5.69 Å². The van der Waals surface area contributed by atoms with Crippen LogP contribution in [-0.4, -0.2) is 24.7 Å². The summed E-state index contributed by atoms with van der Waals surface area (Å²) in [5, 5.41) is 3.93. The van der Waals surface area contributed by atoms with Crippen LogP contribution in [0.5, 0.6) is 0 Å². The molecule has 1 rings (SSSR count). The second-order valence-electron chi connectivity index (χ2n) is 3.80. The van der Waals surface area contributed by atoms with Crippen LogP contribution in [0.25, 0.3) is 0 Å². The number of anilines is 1. The summed E-state index contributed by atoms with van der Waals surface area (Å²) in [4.78, 5) is 11.3. The van der Waals surface area contributed by atoms with Gasteiger partial charge in [-0.25, -0.2) is 8.78 Å². The Balaban J connectivity index is 2.62. The van der Waals surface area contributed by atoms with E-state index in [0.29, 0.717) is 0 Å². The van der Waals surface area contributed by atoms with Crippen molar-refractivity contribution in [1.29, 1.82) is 0 Å². The molecule has 0 radical (unpaired) electrons. The Hall–Kier alpha value is -1.86. The molecule has 1 amide bonds. The van der Waals surface area contributed by atoms with Crippen molar-refractivity contribution >= 4 is 11.6 Å². The van der Waals surface area contributed by atoms with Gasteiger partial charge in [0.15, 0.2) is 11.6 Å². The van der Waals surface area contributed by atoms with Crippen molar-refractivity contribution in [2.24, 2.45) is 0 Å². The van der Waals surface area contributed by atoms with Crippen LogP contribution in [-0.2, 0) is 4.79 Å². The van der Waals surface area contributed by atoms with Gasteiger partial charge >= 0.3 is 6.18 Å². The smallest absolute Gasteiger partial charge is 0.371 e. The number of benzene rings is 1. The summed E-state index contributed by atoms with van der Waals surface area (Å²) < 4.78 is 61.8. The minimum atomic E-state index is -4.53. The maximum absolute atomic E-state index is 13.3. The molecule has 0 fully saturated rings. The molecule has 0 aliphatic rings. The molecule has 3 nitrogen and oxygen atoms in total. The van der Waals surface area contributed by atoms with E-state index in [1.165, 1.54) is 19.1 Å². The van der Waals surface area contributed by atoms with Crippen molar-refractivity contribution < 1.29 is 26.7 Å². The first-order valence-electron chi connectivity index (χ1n) is 5.25. The van der Waals surface area contributed by atoms with E-state index in [-0.39, 0.29) is 5.69 Å². The molecule has 1 aromatic carbocycles. The summed E-state index contributed by atoms with van der Waals surface area (Å²) >= 11 is 0. The molecule has 0 aromatic heterocycles. The van der Waals surface area contributed by atoms with Crippen molar-refractivity contribution in [1.82, 2.24) is 5.32 Å². The number of amides is 1. The first-order chi connectivity index (χ1) is 8.70. The summed E-state index contributed by atoms with van der Waals surface area (Å²) in [6, 6.07) is 2.13. The molecule has 106 valence electrons. The van der Waals surface area contributed by atoms with Gasteiger partial charge in [-0.3, -0.25) is 4.79 Å². The van der Waals surface area contributed by atoms with E-state index in [1.54, 1.807) is 5.32 Å². The van der Waals surface area contributed by atoms with Crippen molar-refractivity contribution in [2.45, 2.75) is 19.1 Å². The number of rotatable bonds is 4. The van der Waals surface area contributed by atoms with E-state index >= 15 is 0 Å². The lowest BCUT2D eigenvalue weighted by atomic mass is 10.2. The predicted octanol–water partition coefficient (Wildman–Crippen LogP) is 2.44. The molecule has 1 unspecified atom stereocenters. The Morgan fingerprint density at radius 2 is 1.95 bits per heavy atom. The second-order valence-corrected chi connectivity index (χ2v) is 3.80. The summed E-state index contributed by atoms with van der Waals surface area (Å²) in [6.45, 7) is -0.250. The molecule has 0 aliphatic carbocycles. The highest BCUT2D eigenvalue weighted by molar-refractivity contribution is 5.84. The lowest BCUT2D eigenvalue weighted by Gasteiger charge is -2.16. The van der Waals surface area contributed by atoms with Crippen molar-refractivity contribution in [3.63, 3.8) is 0 Å². The SMILES string of the molecule is CC(Nc1cccc(F)c1F)C(=O)NCC(F)(F)F. The van der Waals surface area contributed by atoms with Crippen LogP contribution in [0, 0.1) is 11.6 Å². The summed E-state index contributed by atoms with van der Waals surface area (Å²) in [7, 11) is 0. The minimum absolute atomic E-state index is 0.297. The highest BCUT2D eigenvalue weighted by atomic mass is 19.4. The van der Waals surface area contributed by atoms with Gasteiger partial charge in [0, 0.05) is 0 Å². The number of alkyl halides is 3. The van der Waals surface area contributed by atoms with Crippen LogP contribution in [0.1, 0.15) is 6.92 Å². The van der Waals surface area contributed by atoms with Crippen LogP contribution in [0.4, 0.5) is 27.6 Å². The van der Waals surface area contributed by atoms with Gasteiger partial charge in [-0.15, -0.1) is 0 Å². The van der Waals surface area contributed by atoms with E-state index in [0.717, 1.165) is 6.07 Å². The third-order valence-electron chi connectivity index (χ3n) is 2.18. The molecule has 0 bridgehead atoms. The second kappa shape index (κ2) is 5.85. The Bertz CT molecular complexity index is 461. The van der Waals surface area contributed by atoms with E-state index < -0.39 is 36.3 Å². The Kier molecular flexibility index (Phi) is 4.68. The van der Waals surface area contributed by atoms with Gasteiger partial charge < -0.3 is 10.6 Å². The quantitative estimate of drug-likeness (QED) is 0.833. The highest BCUT2D eigenvalue weighted by Crippen LogP contribution is 2.17. The van der Waals surface area contributed by atoms with Gasteiger partial charge in [-0.05, 0) is 19.1 Å². The van der Waals surface area contributed by atoms with E-state index in [2.05, 4.69) is 5.32 Å². The lowest BCUT2D eigenvalue weighted by Crippen LogP contribution is -2.42. The van der Waals surface area contributed by atoms with E-state index in [4.69, 9.17) is 0 Å². The molecular weight excluding hydrogens is 271 g/mol. The fourth-order valence-corrected chi connectivity index (χ4v) is 1.25. The monoisotopic (exact) mass is 282 g/mol. The fraction of sp³-hybridized carbons (Fsp3) is 0.364. The molecular formula is C11H11F5N2O. The standard InChI is InChI=1S/C11H11F5N2O/c1-6(10(19)17-5-11(14,15)16)18-8-4-2-3-7(12)9(8)13/h2-4,6,18H,5H2,1H3,(H,17,19). The van der Waals surface area contributed by atoms with Gasteiger partial charge in [0.1, 0.15) is 12.6 Å². The van der Waals surface area contributed by atoms with Gasteiger partial charge in [0.2, 0.25) is 5.91 Å². The maximum Gasteiger partial charge on any atom is 0.405 e. The molecule has 1 atom stereocenters. The zero-order valence-electron chi connectivity index (χ0n) is 9.81. The van der Waals surface area contributed by atoms with Crippen LogP contribution in [0.15, 0.2) is 18.2 Å². The largest absolute Gasteiger partial charge is 0.405 e. The number of halogens is 5. The number of nitrogens with one attached hydrogen (secondary N) is 2. The summed E-state index contributed by atoms with van der Waals surface area (Å²) in [6.07, 6.45) is -4.53. The first kappa shape index (κ1) is 15.2. The topological polar surface area (TPSA) is 41.1 Å². The third-order valence-corrected chi connectivity index (χ3v) is 2.18. The predicted molar refractivity (Wildman–Crippen MR) is 58.5 cm³/mol. The van der Waals surface area contributed by atoms with Gasteiger partial charge in [-0.1, -0.05) is 6.07 Å². The summed E-state index contributed by atoms with van der Waals surface area (Å²) in [5.41, 5.74) is -0.297. The normalized spacial score (nSPS) is 12.9. The number of carbonyl (C=O) groups is 1. The van der Waals surface area contributed by atoms with E-state index in [1.807, 2.05) is 0 Å². The minimum Gasteiger partial charge on any atom is -0.371 e. The molecule has 0 saturated carbocycles. The number of carbonyl (C=O) groups excluding carboxylic acids is 1. The average Bonchev–Trinajstić information content (AvgIpc) is 2.31. The lowest BCUT2D eigenvalue weighted by molar-refractivity contribution is -0.138. The van der Waals surface area contributed by atoms with Crippen molar-refractivity contribution in [3.8, 4) is 0 Å². The molecule has 0 spiro atoms. The Labute approximate surface area is 105 Å². The van der Waals surface area contributed by atoms with Crippen molar-refractivity contribution in [2.75, 3.05) is 11.9 Å². The summed E-state index contributed by atoms with van der Waals surface area (Å²) in [5.74, 6) is -3.29. The Morgan fingerprint density at radius 3 is 2.53 bits per heavy atom. The molecule has 0 heterocycles. The third kappa shape index (κ3) is 4.72. The highest BCUT2D eigenvalue weighted by Gasteiger charge is 2.28. The average molecular weight is 282 g/mol.